The van der Waals surface area contributed by atoms with Crippen LogP contribution in [0.25, 0.3) is 11.1 Å². The van der Waals surface area contributed by atoms with E-state index in [-0.39, 0.29) is 33.2 Å². The van der Waals surface area contributed by atoms with E-state index >= 15 is 0 Å². The van der Waals surface area contributed by atoms with Crippen LogP contribution >= 0.6 is 15.9 Å². The van der Waals surface area contributed by atoms with Crippen LogP contribution in [0.1, 0.15) is 83.1 Å². The molecule has 256 valence electrons. The predicted octanol–water partition coefficient (Wildman–Crippen LogP) is 13.1. The highest BCUT2D eigenvalue weighted by atomic mass is 79.9. The number of ketones is 2. The zero-order chi connectivity index (χ0) is 36.5. The number of Topliss-reactive ketones (excluding diaryl/α,β-unsaturated/α-hetero) is 2. The Labute approximate surface area is 300 Å². The molecule has 6 nitrogen and oxygen atoms in total. The monoisotopic (exact) mass is 720 g/mol. The van der Waals surface area contributed by atoms with E-state index in [0.29, 0.717) is 5.69 Å². The van der Waals surface area contributed by atoms with E-state index in [9.17, 15) is 9.59 Å². The number of carbonyl (C=O) groups is 2. The second-order valence-corrected chi connectivity index (χ2v) is 17.6. The molecule has 0 amide bonds. The van der Waals surface area contributed by atoms with Gasteiger partial charge in [0.2, 0.25) is 0 Å². The summed E-state index contributed by atoms with van der Waals surface area (Å²) in [6, 6.07) is 13.8. The molecule has 0 heterocycles. The number of halogens is 1. The van der Waals surface area contributed by atoms with Crippen LogP contribution in [-0.4, -0.2) is 11.6 Å². The Hall–Kier alpha value is -4.10. The summed E-state index contributed by atoms with van der Waals surface area (Å²) in [4.78, 5) is 26.4. The zero-order valence-electron chi connectivity index (χ0n) is 31.0. The molecule has 0 aromatic heterocycles. The van der Waals surface area contributed by atoms with Crippen molar-refractivity contribution in [3.8, 4) is 11.1 Å². The van der Waals surface area contributed by atoms with E-state index in [1.807, 2.05) is 66.8 Å². The number of hydrogen-bond donors (Lipinski definition) is 0. The molecule has 0 radical (unpaired) electrons. The van der Waals surface area contributed by atoms with Gasteiger partial charge >= 0.3 is 0 Å². The first-order valence-electron chi connectivity index (χ1n) is 16.7. The van der Waals surface area contributed by atoms with Crippen LogP contribution in [-0.2, 0) is 9.59 Å². The highest BCUT2D eigenvalue weighted by Crippen LogP contribution is 2.40. The lowest BCUT2D eigenvalue weighted by Gasteiger charge is -2.31. The Morgan fingerprint density at radius 1 is 0.510 bits per heavy atom. The Morgan fingerprint density at radius 2 is 0.878 bits per heavy atom. The largest absolute Gasteiger partial charge is 0.289 e. The minimum absolute atomic E-state index is 0.0957. The molecule has 0 bridgehead atoms. The zero-order valence-corrected chi connectivity index (χ0v) is 32.6. The van der Waals surface area contributed by atoms with E-state index in [4.69, 9.17) is 0 Å². The molecule has 0 saturated heterocycles. The van der Waals surface area contributed by atoms with Crippen molar-refractivity contribution >= 4 is 38.9 Å². The number of nitrogens with zero attached hydrogens (tertiary/aromatic N) is 4. The summed E-state index contributed by atoms with van der Waals surface area (Å²) < 4.78 is 0.814. The topological polar surface area (TPSA) is 83.6 Å². The molecule has 7 heteroatoms. The third kappa shape index (κ3) is 9.33. The van der Waals surface area contributed by atoms with Gasteiger partial charge in [0.15, 0.2) is 11.6 Å². The molecular formula is C42H49BrN4O2. The van der Waals surface area contributed by atoms with Crippen molar-refractivity contribution < 1.29 is 9.59 Å². The van der Waals surface area contributed by atoms with Crippen LogP contribution in [0.4, 0.5) is 11.4 Å². The van der Waals surface area contributed by atoms with Gasteiger partial charge in [-0.1, -0.05) is 101 Å². The maximum Gasteiger partial charge on any atom is 0.186 e. The van der Waals surface area contributed by atoms with Gasteiger partial charge in [-0.05, 0) is 108 Å². The number of benzene rings is 2. The first kappa shape index (κ1) is 37.7. The summed E-state index contributed by atoms with van der Waals surface area (Å²) >= 11 is 3.66. The minimum Gasteiger partial charge on any atom is -0.289 e. The maximum atomic E-state index is 13.2. The van der Waals surface area contributed by atoms with Crippen molar-refractivity contribution in [1.29, 1.82) is 0 Å². The highest BCUT2D eigenvalue weighted by Gasteiger charge is 2.35. The summed E-state index contributed by atoms with van der Waals surface area (Å²) in [6.45, 7) is 24.7. The third-order valence-corrected chi connectivity index (χ3v) is 8.99. The van der Waals surface area contributed by atoms with Gasteiger partial charge in [0, 0.05) is 26.8 Å². The summed E-state index contributed by atoms with van der Waals surface area (Å²) in [5.41, 5.74) is 7.17. The average molecular weight is 722 g/mol. The normalized spacial score (nSPS) is 16.6. The number of azo groups is 2. The van der Waals surface area contributed by atoms with Crippen LogP contribution in [0.15, 0.2) is 138 Å². The van der Waals surface area contributed by atoms with Crippen molar-refractivity contribution in [2.24, 2.45) is 42.1 Å². The van der Waals surface area contributed by atoms with Gasteiger partial charge in [0.25, 0.3) is 0 Å². The Kier molecular flexibility index (Phi) is 10.8. The Balaban J connectivity index is 1.51. The predicted molar refractivity (Wildman–Crippen MR) is 205 cm³/mol. The molecule has 0 fully saturated rings. The second kappa shape index (κ2) is 14.0. The fourth-order valence-corrected chi connectivity index (χ4v) is 5.95. The molecule has 0 atom stereocenters. The highest BCUT2D eigenvalue weighted by molar-refractivity contribution is 9.10. The van der Waals surface area contributed by atoms with Crippen LogP contribution in [0.2, 0.25) is 0 Å². The van der Waals surface area contributed by atoms with Gasteiger partial charge in [-0.2, -0.15) is 15.3 Å². The SMILES string of the molecule is CC(C)(C)C1=CC(=C/N=N/c2ccc(-c3ccc(/N=N/C=C4C=C(C(C)(C)C)C(=O)C(C(C)(C)C)=C4)c(Br)c3)cc2)C=C(C(C)(C)C)C1=O. The minimum atomic E-state index is -0.282. The van der Waals surface area contributed by atoms with Crippen molar-refractivity contribution in [1.82, 2.24) is 0 Å². The Bertz CT molecular complexity index is 1830. The van der Waals surface area contributed by atoms with Crippen molar-refractivity contribution in [2.45, 2.75) is 83.1 Å². The van der Waals surface area contributed by atoms with E-state index < -0.39 is 0 Å². The molecule has 2 aromatic carbocycles. The van der Waals surface area contributed by atoms with E-state index in [2.05, 4.69) is 119 Å². The quantitative estimate of drug-likeness (QED) is 0.288. The molecule has 2 aliphatic carbocycles. The number of rotatable bonds is 5. The molecule has 0 saturated carbocycles. The molecular weight excluding hydrogens is 672 g/mol. The number of allylic oxidation sites excluding steroid dienone is 10. The smallest absolute Gasteiger partial charge is 0.186 e. The Morgan fingerprint density at radius 3 is 1.24 bits per heavy atom. The molecule has 0 spiro atoms. The lowest BCUT2D eigenvalue weighted by atomic mass is 9.72. The maximum absolute atomic E-state index is 13.2. The number of carbonyl (C=O) groups excluding carboxylic acids is 2. The van der Waals surface area contributed by atoms with Crippen LogP contribution in [0, 0.1) is 21.7 Å². The summed E-state index contributed by atoms with van der Waals surface area (Å²) in [5, 5.41) is 17.6. The van der Waals surface area contributed by atoms with E-state index in [0.717, 1.165) is 54.7 Å². The first-order valence-corrected chi connectivity index (χ1v) is 17.4. The molecule has 2 aliphatic rings. The summed E-state index contributed by atoms with van der Waals surface area (Å²) in [5.74, 6) is 0.195. The molecule has 4 rings (SSSR count). The lowest BCUT2D eigenvalue weighted by molar-refractivity contribution is -0.114. The van der Waals surface area contributed by atoms with E-state index in [1.54, 1.807) is 12.4 Å². The van der Waals surface area contributed by atoms with Crippen molar-refractivity contribution in [3.63, 3.8) is 0 Å². The third-order valence-electron chi connectivity index (χ3n) is 8.36. The average Bonchev–Trinajstić information content (AvgIpc) is 2.97. The van der Waals surface area contributed by atoms with Gasteiger partial charge in [-0.3, -0.25) is 9.59 Å². The van der Waals surface area contributed by atoms with Gasteiger partial charge in [-0.15, -0.1) is 5.11 Å². The molecule has 49 heavy (non-hydrogen) atoms. The summed E-state index contributed by atoms with van der Waals surface area (Å²) in [7, 11) is 0. The van der Waals surface area contributed by atoms with E-state index in [1.165, 1.54) is 0 Å². The molecule has 0 aliphatic heterocycles. The first-order chi connectivity index (χ1) is 22.6. The van der Waals surface area contributed by atoms with Crippen molar-refractivity contribution in [2.75, 3.05) is 0 Å². The van der Waals surface area contributed by atoms with Crippen LogP contribution < -0.4 is 0 Å². The fourth-order valence-electron chi connectivity index (χ4n) is 5.49. The fraction of sp³-hybridized carbons (Fsp3) is 0.381. The van der Waals surface area contributed by atoms with Crippen molar-refractivity contribution in [3.05, 3.63) is 117 Å². The van der Waals surface area contributed by atoms with Gasteiger partial charge in [0.05, 0.1) is 23.8 Å². The van der Waals surface area contributed by atoms with Gasteiger partial charge in [-0.25, -0.2) is 0 Å². The lowest BCUT2D eigenvalue weighted by Crippen LogP contribution is -2.27. The molecule has 0 unspecified atom stereocenters. The summed E-state index contributed by atoms with van der Waals surface area (Å²) in [6.07, 6.45) is 11.1. The standard InChI is InChI=1S/C42H49BrN4O2/c1-39(2,3)31-19-26(20-32(37(31)48)40(4,5)6)24-44-46-30-16-13-28(14-17-30)29-15-18-36(35(43)23-29)47-45-25-27-21-33(41(7,8)9)38(49)34(22-27)42(10,11)12/h13-25H,1-12H3/b46-44+,47-45+. The van der Waals surface area contributed by atoms with Crippen LogP contribution in [0.3, 0.4) is 0 Å². The molecule has 0 N–H and O–H groups in total. The van der Waals surface area contributed by atoms with Gasteiger partial charge in [0.1, 0.15) is 0 Å². The molecule has 2 aromatic rings. The van der Waals surface area contributed by atoms with Crippen LogP contribution in [0.5, 0.6) is 0 Å². The van der Waals surface area contributed by atoms with Gasteiger partial charge < -0.3 is 0 Å². The second-order valence-electron chi connectivity index (χ2n) is 16.8. The number of hydrogen-bond acceptors (Lipinski definition) is 6.